The normalized spacial score (nSPS) is 10.3. The molecule has 0 bridgehead atoms. The first-order valence-corrected chi connectivity index (χ1v) is 12.9. The van der Waals surface area contributed by atoms with Crippen molar-refractivity contribution in [1.82, 2.24) is 4.98 Å². The maximum absolute atomic E-state index is 12.4. The molecule has 0 atom stereocenters. The summed E-state index contributed by atoms with van der Waals surface area (Å²) in [5.41, 5.74) is 9.64. The van der Waals surface area contributed by atoms with E-state index in [0.717, 1.165) is 52.9 Å². The average molecular weight is 510 g/mol. The van der Waals surface area contributed by atoms with E-state index in [4.69, 9.17) is 5.73 Å². The minimum atomic E-state index is -0.504. The number of pyridine rings is 1. The van der Waals surface area contributed by atoms with E-state index in [0.29, 0.717) is 17.0 Å². The number of benzene rings is 1. The molecule has 0 fully saturated rings. The van der Waals surface area contributed by atoms with Crippen molar-refractivity contribution in [2.24, 2.45) is 5.73 Å². The van der Waals surface area contributed by atoms with Crippen LogP contribution in [0.15, 0.2) is 42.6 Å². The number of nitrogens with zero attached hydrogens (tertiary/aromatic N) is 1. The lowest BCUT2D eigenvalue weighted by Crippen LogP contribution is -2.19. The number of carbonyl (C=O) groups excluding carboxylic acids is 3. The van der Waals surface area contributed by atoms with Crippen LogP contribution in [0.1, 0.15) is 71.2 Å². The quantitative estimate of drug-likeness (QED) is 0.348. The molecule has 3 aromatic rings. The van der Waals surface area contributed by atoms with Crippen molar-refractivity contribution in [2.75, 3.05) is 5.32 Å². The molecule has 2 amide bonds. The van der Waals surface area contributed by atoms with Gasteiger partial charge in [-0.2, -0.15) is 0 Å². The van der Waals surface area contributed by atoms with E-state index in [1.165, 1.54) is 11.3 Å². The Morgan fingerprint density at radius 2 is 1.86 bits per heavy atom. The standard InChI is InChI=1S/C19H24N2O3S.C9H11NO/c1-4-6-14-15(5-2)25-19(17(14)18(20)24)21-16(23)10-12-7-8-13(22)9-11(12)3;1-8(11)5-6-9-4-2-3-7-10-9/h7-9,22H,4-6,10H2,1-3H3,(H2,20,24)(H,21,23);2-4,7H,5-6H2,1H3. The highest BCUT2D eigenvalue weighted by molar-refractivity contribution is 7.17. The highest BCUT2D eigenvalue weighted by Crippen LogP contribution is 2.34. The van der Waals surface area contributed by atoms with Gasteiger partial charge in [-0.25, -0.2) is 0 Å². The number of aryl methyl sites for hydroxylation is 3. The fourth-order valence-corrected chi connectivity index (χ4v) is 4.94. The minimum Gasteiger partial charge on any atom is -0.508 e. The Hall–Kier alpha value is -3.52. The zero-order chi connectivity index (χ0) is 26.7. The van der Waals surface area contributed by atoms with Gasteiger partial charge in [-0.05, 0) is 74.1 Å². The zero-order valence-electron chi connectivity index (χ0n) is 21.4. The maximum Gasteiger partial charge on any atom is 0.251 e. The summed E-state index contributed by atoms with van der Waals surface area (Å²) in [6.45, 7) is 7.52. The molecule has 0 aliphatic rings. The molecule has 0 spiro atoms. The van der Waals surface area contributed by atoms with E-state index in [1.54, 1.807) is 31.3 Å². The highest BCUT2D eigenvalue weighted by Gasteiger charge is 2.22. The fraction of sp³-hybridized carbons (Fsp3) is 0.357. The number of carbonyl (C=O) groups is 3. The van der Waals surface area contributed by atoms with Crippen molar-refractivity contribution in [3.8, 4) is 5.75 Å². The number of anilines is 1. The first kappa shape index (κ1) is 28.7. The predicted molar refractivity (Wildman–Crippen MR) is 145 cm³/mol. The third-order valence-electron chi connectivity index (χ3n) is 5.55. The molecule has 0 radical (unpaired) electrons. The fourth-order valence-electron chi connectivity index (χ4n) is 3.73. The van der Waals surface area contributed by atoms with Crippen LogP contribution in [-0.2, 0) is 35.3 Å². The number of rotatable bonds is 10. The van der Waals surface area contributed by atoms with Gasteiger partial charge in [-0.15, -0.1) is 11.3 Å². The van der Waals surface area contributed by atoms with Gasteiger partial charge in [0.1, 0.15) is 16.5 Å². The lowest BCUT2D eigenvalue weighted by molar-refractivity contribution is -0.117. The van der Waals surface area contributed by atoms with Crippen LogP contribution >= 0.6 is 11.3 Å². The van der Waals surface area contributed by atoms with Gasteiger partial charge in [0.15, 0.2) is 0 Å². The van der Waals surface area contributed by atoms with Gasteiger partial charge < -0.3 is 21.0 Å². The summed E-state index contributed by atoms with van der Waals surface area (Å²) in [5, 5.41) is 12.9. The molecule has 36 heavy (non-hydrogen) atoms. The molecule has 2 aromatic heterocycles. The van der Waals surface area contributed by atoms with Crippen LogP contribution in [0, 0.1) is 6.92 Å². The Morgan fingerprint density at radius 3 is 2.42 bits per heavy atom. The number of phenolic OH excluding ortho intramolecular Hbond substituents is 1. The van der Waals surface area contributed by atoms with E-state index in [1.807, 2.05) is 39.0 Å². The number of aromatic nitrogens is 1. The first-order chi connectivity index (χ1) is 17.2. The number of aromatic hydroxyl groups is 1. The van der Waals surface area contributed by atoms with Crippen LogP contribution in [0.4, 0.5) is 5.00 Å². The number of hydrogen-bond donors (Lipinski definition) is 3. The third-order valence-corrected chi connectivity index (χ3v) is 6.84. The molecular weight excluding hydrogens is 474 g/mol. The topological polar surface area (TPSA) is 122 Å². The van der Waals surface area contributed by atoms with E-state index >= 15 is 0 Å². The van der Waals surface area contributed by atoms with Crippen LogP contribution < -0.4 is 11.1 Å². The Labute approximate surface area is 216 Å². The molecule has 7 nitrogen and oxygen atoms in total. The van der Waals surface area contributed by atoms with Gasteiger partial charge in [0, 0.05) is 23.2 Å². The molecule has 1 aromatic carbocycles. The second-order valence-corrected chi connectivity index (χ2v) is 9.64. The van der Waals surface area contributed by atoms with Gasteiger partial charge in [0.25, 0.3) is 5.91 Å². The molecule has 4 N–H and O–H groups in total. The van der Waals surface area contributed by atoms with Crippen molar-refractivity contribution in [2.45, 2.75) is 66.2 Å². The van der Waals surface area contributed by atoms with Crippen LogP contribution in [0.3, 0.4) is 0 Å². The monoisotopic (exact) mass is 509 g/mol. The molecule has 0 unspecified atom stereocenters. The summed E-state index contributed by atoms with van der Waals surface area (Å²) in [7, 11) is 0. The lowest BCUT2D eigenvalue weighted by Gasteiger charge is -2.08. The van der Waals surface area contributed by atoms with Crippen molar-refractivity contribution >= 4 is 33.9 Å². The van der Waals surface area contributed by atoms with E-state index < -0.39 is 5.91 Å². The minimum absolute atomic E-state index is 0.173. The number of primary amides is 1. The van der Waals surface area contributed by atoms with Crippen LogP contribution in [0.5, 0.6) is 5.75 Å². The van der Waals surface area contributed by atoms with Gasteiger partial charge in [-0.3, -0.25) is 14.6 Å². The Kier molecular flexibility index (Phi) is 11.3. The molecule has 2 heterocycles. The zero-order valence-corrected chi connectivity index (χ0v) is 22.2. The predicted octanol–water partition coefficient (Wildman–Crippen LogP) is 5.16. The maximum atomic E-state index is 12.4. The number of phenols is 1. The summed E-state index contributed by atoms with van der Waals surface area (Å²) in [4.78, 5) is 40.1. The summed E-state index contributed by atoms with van der Waals surface area (Å²) in [5.74, 6) is -0.317. The number of Topliss-reactive ketones (excluding diaryl/α,β-unsaturated/α-hetero) is 1. The van der Waals surface area contributed by atoms with Crippen LogP contribution in [-0.4, -0.2) is 27.7 Å². The van der Waals surface area contributed by atoms with E-state index in [9.17, 15) is 19.5 Å². The molecule has 192 valence electrons. The molecule has 8 heteroatoms. The van der Waals surface area contributed by atoms with Gasteiger partial charge in [0.2, 0.25) is 5.91 Å². The smallest absolute Gasteiger partial charge is 0.251 e. The van der Waals surface area contributed by atoms with Gasteiger partial charge in [-0.1, -0.05) is 32.4 Å². The van der Waals surface area contributed by atoms with Crippen molar-refractivity contribution in [3.63, 3.8) is 0 Å². The lowest BCUT2D eigenvalue weighted by atomic mass is 10.0. The second kappa shape index (κ2) is 14.1. The average Bonchev–Trinajstić information content (AvgIpc) is 3.18. The summed E-state index contributed by atoms with van der Waals surface area (Å²) < 4.78 is 0. The summed E-state index contributed by atoms with van der Waals surface area (Å²) in [6.07, 6.45) is 5.75. The molecule has 0 saturated heterocycles. The molecule has 0 aliphatic heterocycles. The SMILES string of the molecule is CC(=O)CCc1ccccn1.CCCc1c(CC)sc(NC(=O)Cc2ccc(O)cc2C)c1C(N)=O. The van der Waals surface area contributed by atoms with Crippen molar-refractivity contribution < 1.29 is 19.5 Å². The Bertz CT molecular complexity index is 1190. The van der Waals surface area contributed by atoms with E-state index in [-0.39, 0.29) is 23.9 Å². The van der Waals surface area contributed by atoms with Crippen LogP contribution in [0.2, 0.25) is 0 Å². The number of nitrogens with one attached hydrogen (secondary N) is 1. The summed E-state index contributed by atoms with van der Waals surface area (Å²) >= 11 is 1.43. The second-order valence-electron chi connectivity index (χ2n) is 8.53. The molecule has 3 rings (SSSR count). The Balaban J connectivity index is 0.000000346. The van der Waals surface area contributed by atoms with Crippen LogP contribution in [0.25, 0.3) is 0 Å². The third kappa shape index (κ3) is 8.61. The number of thiophene rings is 1. The summed E-state index contributed by atoms with van der Waals surface area (Å²) in [6, 6.07) is 10.7. The van der Waals surface area contributed by atoms with Gasteiger partial charge >= 0.3 is 0 Å². The van der Waals surface area contributed by atoms with E-state index in [2.05, 4.69) is 10.3 Å². The number of ketones is 1. The first-order valence-electron chi connectivity index (χ1n) is 12.1. The molecule has 0 aliphatic carbocycles. The Morgan fingerprint density at radius 1 is 1.11 bits per heavy atom. The number of nitrogens with two attached hydrogens (primary N) is 1. The van der Waals surface area contributed by atoms with Crippen molar-refractivity contribution in [3.05, 3.63) is 75.4 Å². The number of hydrogen-bond acceptors (Lipinski definition) is 6. The largest absolute Gasteiger partial charge is 0.508 e. The van der Waals surface area contributed by atoms with Crippen molar-refractivity contribution in [1.29, 1.82) is 0 Å². The van der Waals surface area contributed by atoms with Gasteiger partial charge in [0.05, 0.1) is 12.0 Å². The molecule has 0 saturated carbocycles. The number of amides is 2. The highest BCUT2D eigenvalue weighted by atomic mass is 32.1. The molecular formula is C28H35N3O4S.